The summed E-state index contributed by atoms with van der Waals surface area (Å²) >= 11 is 3.41. The van der Waals surface area contributed by atoms with E-state index < -0.39 is 0 Å². The number of anilines is 1. The number of ether oxygens (including phenoxy) is 1. The normalized spacial score (nSPS) is 21.2. The highest BCUT2D eigenvalue weighted by Gasteiger charge is 2.40. The van der Waals surface area contributed by atoms with Crippen LogP contribution in [-0.4, -0.2) is 18.4 Å². The van der Waals surface area contributed by atoms with Crippen LogP contribution in [0.2, 0.25) is 0 Å². The Morgan fingerprint density at radius 1 is 1.00 bits per heavy atom. The topological polar surface area (TPSA) is 46.6 Å². The van der Waals surface area contributed by atoms with Crippen LogP contribution in [0.5, 0.6) is 0 Å². The molecule has 0 saturated heterocycles. The molecule has 4 nitrogen and oxygen atoms in total. The predicted molar refractivity (Wildman–Crippen MR) is 112 cm³/mol. The summed E-state index contributed by atoms with van der Waals surface area (Å²) in [6.07, 6.45) is 4.33. The number of fused-ring (bicyclic) bond motifs is 1. The van der Waals surface area contributed by atoms with Gasteiger partial charge >= 0.3 is 5.97 Å². The van der Waals surface area contributed by atoms with Crippen molar-refractivity contribution >= 4 is 33.5 Å². The van der Waals surface area contributed by atoms with E-state index in [0.29, 0.717) is 6.54 Å². The Balaban J connectivity index is 1.44. The summed E-state index contributed by atoms with van der Waals surface area (Å²) < 4.78 is 6.59. The number of amides is 1. The van der Waals surface area contributed by atoms with Crippen molar-refractivity contribution in [2.45, 2.75) is 38.7 Å². The SMILES string of the molecule is O=C(OCc1ccc(Br)cc1)[C@H]1CCCC[C@@H]1C(=O)N1CCc2ccccc21. The molecule has 1 saturated carbocycles. The van der Waals surface area contributed by atoms with Crippen molar-refractivity contribution in [2.24, 2.45) is 11.8 Å². The monoisotopic (exact) mass is 441 g/mol. The van der Waals surface area contributed by atoms with E-state index in [-0.39, 0.29) is 30.3 Å². The lowest BCUT2D eigenvalue weighted by atomic mass is 9.78. The molecule has 0 bridgehead atoms. The number of rotatable bonds is 4. The van der Waals surface area contributed by atoms with Crippen LogP contribution in [0.1, 0.15) is 36.8 Å². The second kappa shape index (κ2) is 8.48. The number of hydrogen-bond donors (Lipinski definition) is 0. The maximum Gasteiger partial charge on any atom is 0.310 e. The molecule has 1 aliphatic carbocycles. The first-order valence-electron chi connectivity index (χ1n) is 9.94. The molecule has 0 spiro atoms. The Morgan fingerprint density at radius 2 is 1.71 bits per heavy atom. The fourth-order valence-electron chi connectivity index (χ4n) is 4.32. The minimum Gasteiger partial charge on any atom is -0.461 e. The third-order valence-corrected chi connectivity index (χ3v) is 6.36. The lowest BCUT2D eigenvalue weighted by molar-refractivity contribution is -0.155. The number of carbonyl (C=O) groups excluding carboxylic acids is 2. The maximum absolute atomic E-state index is 13.3. The summed E-state index contributed by atoms with van der Waals surface area (Å²) in [6, 6.07) is 15.8. The van der Waals surface area contributed by atoms with E-state index >= 15 is 0 Å². The fourth-order valence-corrected chi connectivity index (χ4v) is 4.58. The summed E-state index contributed by atoms with van der Waals surface area (Å²) in [6.45, 7) is 0.950. The molecule has 1 amide bonds. The van der Waals surface area contributed by atoms with E-state index in [9.17, 15) is 9.59 Å². The molecular weight excluding hydrogens is 418 g/mol. The van der Waals surface area contributed by atoms with Gasteiger partial charge in [-0.2, -0.15) is 0 Å². The van der Waals surface area contributed by atoms with Crippen molar-refractivity contribution < 1.29 is 14.3 Å². The van der Waals surface area contributed by atoms with Gasteiger partial charge in [0.25, 0.3) is 0 Å². The van der Waals surface area contributed by atoms with Crippen molar-refractivity contribution in [3.05, 3.63) is 64.1 Å². The number of halogens is 1. The van der Waals surface area contributed by atoms with Crippen LogP contribution in [0.15, 0.2) is 53.0 Å². The van der Waals surface area contributed by atoms with Crippen molar-refractivity contribution in [3.63, 3.8) is 0 Å². The molecule has 1 aliphatic heterocycles. The van der Waals surface area contributed by atoms with Crippen molar-refractivity contribution in [2.75, 3.05) is 11.4 Å². The largest absolute Gasteiger partial charge is 0.461 e. The summed E-state index contributed by atoms with van der Waals surface area (Å²) in [7, 11) is 0. The molecule has 2 atom stereocenters. The smallest absolute Gasteiger partial charge is 0.310 e. The highest BCUT2D eigenvalue weighted by atomic mass is 79.9. The van der Waals surface area contributed by atoms with Gasteiger partial charge in [0.2, 0.25) is 5.91 Å². The molecule has 2 aromatic carbocycles. The molecule has 4 rings (SSSR count). The number of para-hydroxylation sites is 1. The minimum absolute atomic E-state index is 0.0789. The molecule has 2 aliphatic rings. The van der Waals surface area contributed by atoms with Gasteiger partial charge in [0.1, 0.15) is 6.61 Å². The Kier molecular flexibility index (Phi) is 5.81. The quantitative estimate of drug-likeness (QED) is 0.634. The Hall–Kier alpha value is -2.14. The van der Waals surface area contributed by atoms with Crippen LogP contribution in [-0.2, 0) is 27.4 Å². The van der Waals surface area contributed by atoms with E-state index in [4.69, 9.17) is 4.74 Å². The van der Waals surface area contributed by atoms with Gasteiger partial charge in [0, 0.05) is 16.7 Å². The first-order valence-corrected chi connectivity index (χ1v) is 10.7. The molecule has 0 unspecified atom stereocenters. The predicted octanol–water partition coefficient (Wildman–Crippen LogP) is 4.89. The first-order chi connectivity index (χ1) is 13.6. The van der Waals surface area contributed by atoms with Crippen molar-refractivity contribution in [3.8, 4) is 0 Å². The van der Waals surface area contributed by atoms with E-state index in [1.807, 2.05) is 47.4 Å². The molecule has 146 valence electrons. The summed E-state index contributed by atoms with van der Waals surface area (Å²) in [5.74, 6) is -0.787. The molecule has 0 N–H and O–H groups in total. The van der Waals surface area contributed by atoms with Crippen LogP contribution >= 0.6 is 15.9 Å². The third-order valence-electron chi connectivity index (χ3n) is 5.83. The lowest BCUT2D eigenvalue weighted by Gasteiger charge is -2.32. The van der Waals surface area contributed by atoms with Crippen LogP contribution < -0.4 is 4.90 Å². The molecule has 1 fully saturated rings. The zero-order valence-electron chi connectivity index (χ0n) is 15.8. The number of benzene rings is 2. The van der Waals surface area contributed by atoms with Gasteiger partial charge in [-0.1, -0.05) is 59.1 Å². The molecule has 5 heteroatoms. The maximum atomic E-state index is 13.3. The fraction of sp³-hybridized carbons (Fsp3) is 0.391. The highest BCUT2D eigenvalue weighted by molar-refractivity contribution is 9.10. The van der Waals surface area contributed by atoms with Gasteiger partial charge < -0.3 is 9.64 Å². The zero-order valence-corrected chi connectivity index (χ0v) is 17.4. The second-order valence-electron chi connectivity index (χ2n) is 7.60. The van der Waals surface area contributed by atoms with Gasteiger partial charge in [-0.3, -0.25) is 9.59 Å². The average Bonchev–Trinajstić information content (AvgIpc) is 3.17. The Bertz CT molecular complexity index is 864. The average molecular weight is 442 g/mol. The summed E-state index contributed by atoms with van der Waals surface area (Å²) in [5.41, 5.74) is 3.16. The van der Waals surface area contributed by atoms with Gasteiger partial charge in [0.05, 0.1) is 11.8 Å². The molecule has 0 aromatic heterocycles. The number of hydrogen-bond acceptors (Lipinski definition) is 3. The summed E-state index contributed by atoms with van der Waals surface area (Å²) in [5, 5.41) is 0. The third kappa shape index (κ3) is 4.00. The van der Waals surface area contributed by atoms with Crippen LogP contribution in [0.3, 0.4) is 0 Å². The second-order valence-corrected chi connectivity index (χ2v) is 8.52. The minimum atomic E-state index is -0.343. The van der Waals surface area contributed by atoms with E-state index in [1.54, 1.807) is 0 Å². The number of nitrogens with zero attached hydrogens (tertiary/aromatic N) is 1. The lowest BCUT2D eigenvalue weighted by Crippen LogP contribution is -2.42. The van der Waals surface area contributed by atoms with Crippen LogP contribution in [0, 0.1) is 11.8 Å². The molecule has 28 heavy (non-hydrogen) atoms. The van der Waals surface area contributed by atoms with Gasteiger partial charge in [0.15, 0.2) is 0 Å². The number of carbonyl (C=O) groups is 2. The highest BCUT2D eigenvalue weighted by Crippen LogP contribution is 2.36. The van der Waals surface area contributed by atoms with E-state index in [2.05, 4.69) is 22.0 Å². The van der Waals surface area contributed by atoms with Crippen molar-refractivity contribution in [1.29, 1.82) is 0 Å². The molecule has 0 radical (unpaired) electrons. The van der Waals surface area contributed by atoms with Gasteiger partial charge in [-0.25, -0.2) is 0 Å². The molecule has 1 heterocycles. The van der Waals surface area contributed by atoms with E-state index in [0.717, 1.165) is 47.8 Å². The molecule has 2 aromatic rings. The van der Waals surface area contributed by atoms with E-state index in [1.165, 1.54) is 5.56 Å². The van der Waals surface area contributed by atoms with Crippen molar-refractivity contribution in [1.82, 2.24) is 0 Å². The standard InChI is InChI=1S/C23H24BrNO3/c24-18-11-9-16(10-12-18)15-28-23(27)20-7-3-2-6-19(20)22(26)25-14-13-17-5-1-4-8-21(17)25/h1,4-5,8-12,19-20H,2-3,6-7,13-15H2/t19-,20-/m0/s1. The molecular formula is C23H24BrNO3. The Morgan fingerprint density at radius 3 is 2.50 bits per heavy atom. The zero-order chi connectivity index (χ0) is 19.5. The first kappa shape index (κ1) is 19.2. The Labute approximate surface area is 174 Å². The van der Waals surface area contributed by atoms with Crippen LogP contribution in [0.25, 0.3) is 0 Å². The van der Waals surface area contributed by atoms with Crippen LogP contribution in [0.4, 0.5) is 5.69 Å². The van der Waals surface area contributed by atoms with Gasteiger partial charge in [-0.15, -0.1) is 0 Å². The van der Waals surface area contributed by atoms with Gasteiger partial charge in [-0.05, 0) is 48.6 Å². The summed E-state index contributed by atoms with van der Waals surface area (Å²) in [4.78, 5) is 28.0. The number of esters is 1.